The number of pyridine rings is 1. The fourth-order valence-corrected chi connectivity index (χ4v) is 4.47. The average Bonchev–Trinajstić information content (AvgIpc) is 2.87. The van der Waals surface area contributed by atoms with E-state index in [1.54, 1.807) is 12.1 Å². The minimum atomic E-state index is -0.760. The van der Waals surface area contributed by atoms with E-state index in [0.29, 0.717) is 17.9 Å². The maximum absolute atomic E-state index is 13.6. The summed E-state index contributed by atoms with van der Waals surface area (Å²) in [6.45, 7) is 10.3. The molecule has 0 saturated carbocycles. The van der Waals surface area contributed by atoms with E-state index in [9.17, 15) is 13.6 Å². The van der Waals surface area contributed by atoms with E-state index in [4.69, 9.17) is 13.9 Å². The molecule has 2 heterocycles. The number of unbranched alkanes of at least 4 members (excludes halogenated alkanes) is 7. The fourth-order valence-electron chi connectivity index (χ4n) is 4.47. The molecule has 0 radical (unpaired) electrons. The number of benzene rings is 1. The summed E-state index contributed by atoms with van der Waals surface area (Å²) in [5, 5.41) is 0.544. The predicted octanol–water partition coefficient (Wildman–Crippen LogP) is 8.86. The lowest BCUT2D eigenvalue weighted by Gasteiger charge is -2.26. The van der Waals surface area contributed by atoms with Crippen molar-refractivity contribution >= 4 is 11.1 Å². The number of nitrogens with zero attached hydrogens (tertiary/aromatic N) is 1. The lowest BCUT2D eigenvalue weighted by Crippen LogP contribution is -2.25. The summed E-state index contributed by atoms with van der Waals surface area (Å²) in [4.78, 5) is 16.7. The Morgan fingerprint density at radius 1 is 0.872 bits per heavy atom. The van der Waals surface area contributed by atoms with Gasteiger partial charge in [0.1, 0.15) is 11.6 Å². The first-order chi connectivity index (χ1) is 18.6. The van der Waals surface area contributed by atoms with Crippen LogP contribution in [0.1, 0.15) is 91.9 Å². The Hall–Kier alpha value is -2.80. The summed E-state index contributed by atoms with van der Waals surface area (Å²) < 4.78 is 44.3. The molecule has 0 fully saturated rings. The molecule has 0 aliphatic rings. The van der Waals surface area contributed by atoms with Crippen LogP contribution in [0, 0.1) is 17.6 Å². The fraction of sp³-hybridized carbons (Fsp3) is 0.562. The first-order valence-corrected chi connectivity index (χ1v) is 14.3. The van der Waals surface area contributed by atoms with Gasteiger partial charge in [-0.1, -0.05) is 52.4 Å². The van der Waals surface area contributed by atoms with Crippen molar-refractivity contribution in [3.05, 3.63) is 58.5 Å². The molecule has 0 aliphatic heterocycles. The molecule has 3 aromatic rings. The van der Waals surface area contributed by atoms with Gasteiger partial charge in [-0.05, 0) is 75.3 Å². The van der Waals surface area contributed by atoms with Crippen LogP contribution in [-0.4, -0.2) is 23.8 Å². The van der Waals surface area contributed by atoms with Crippen LogP contribution in [-0.2, 0) is 4.74 Å². The van der Waals surface area contributed by atoms with Crippen LogP contribution in [0.5, 0.6) is 5.88 Å². The summed E-state index contributed by atoms with van der Waals surface area (Å²) in [7, 11) is 0. The number of fused-ring (bicyclic) bond motifs is 1. The Balaban J connectivity index is 1.30. The summed E-state index contributed by atoms with van der Waals surface area (Å²) >= 11 is 0. The lowest BCUT2D eigenvalue weighted by atomic mass is 9.97. The molecule has 7 heteroatoms. The number of halogens is 2. The quantitative estimate of drug-likeness (QED) is 0.159. The van der Waals surface area contributed by atoms with Crippen LogP contribution >= 0.6 is 0 Å². The van der Waals surface area contributed by atoms with Crippen LogP contribution in [0.15, 0.2) is 45.6 Å². The van der Waals surface area contributed by atoms with Gasteiger partial charge in [0.15, 0.2) is 0 Å². The number of rotatable bonds is 17. The molecule has 3 rings (SSSR count). The molecule has 0 unspecified atom stereocenters. The van der Waals surface area contributed by atoms with Crippen LogP contribution in [0.25, 0.3) is 22.2 Å². The van der Waals surface area contributed by atoms with Gasteiger partial charge in [0.25, 0.3) is 0 Å². The molecular weight excluding hydrogens is 500 g/mol. The van der Waals surface area contributed by atoms with Crippen molar-refractivity contribution in [3.63, 3.8) is 0 Å². The standard InChI is InChI=1S/C32H43F2NO4/c1-23(2)15-16-32(3,4)38-18-12-10-8-6-5-7-9-11-17-37-29-14-13-24-21-28(31(36)39-30(24)35-29)25-19-26(33)22-27(34)20-25/h13-14,19-23H,5-12,15-18H2,1-4H3. The Morgan fingerprint density at radius 2 is 1.49 bits per heavy atom. The van der Waals surface area contributed by atoms with E-state index in [2.05, 4.69) is 32.7 Å². The molecule has 1 aromatic carbocycles. The van der Waals surface area contributed by atoms with Crippen molar-refractivity contribution in [2.45, 2.75) is 97.5 Å². The van der Waals surface area contributed by atoms with Gasteiger partial charge in [0.05, 0.1) is 17.8 Å². The first kappa shape index (κ1) is 30.7. The third-order valence-corrected chi connectivity index (χ3v) is 6.85. The molecule has 5 nitrogen and oxygen atoms in total. The van der Waals surface area contributed by atoms with Gasteiger partial charge >= 0.3 is 5.63 Å². The Kier molecular flexibility index (Phi) is 11.9. The maximum atomic E-state index is 13.6. The van der Waals surface area contributed by atoms with Gasteiger partial charge < -0.3 is 13.9 Å². The third-order valence-electron chi connectivity index (χ3n) is 6.85. The van der Waals surface area contributed by atoms with Gasteiger partial charge in [0.2, 0.25) is 11.6 Å². The van der Waals surface area contributed by atoms with Gasteiger partial charge in [-0.25, -0.2) is 13.6 Å². The van der Waals surface area contributed by atoms with Crippen LogP contribution in [0.4, 0.5) is 8.78 Å². The highest BCUT2D eigenvalue weighted by atomic mass is 19.1. The predicted molar refractivity (Wildman–Crippen MR) is 152 cm³/mol. The summed E-state index contributed by atoms with van der Waals surface area (Å²) in [5.74, 6) is -0.421. The molecular formula is C32H43F2NO4. The van der Waals surface area contributed by atoms with Gasteiger partial charge in [0, 0.05) is 24.1 Å². The normalized spacial score (nSPS) is 12.0. The maximum Gasteiger partial charge on any atom is 0.345 e. The molecule has 0 N–H and O–H groups in total. The Bertz CT molecular complexity index is 1220. The molecule has 0 bridgehead atoms. The molecule has 0 atom stereocenters. The molecule has 0 aliphatic carbocycles. The van der Waals surface area contributed by atoms with Crippen molar-refractivity contribution < 1.29 is 22.7 Å². The minimum Gasteiger partial charge on any atom is -0.478 e. The van der Waals surface area contributed by atoms with Crippen molar-refractivity contribution in [1.29, 1.82) is 0 Å². The lowest BCUT2D eigenvalue weighted by molar-refractivity contribution is -0.0282. The molecule has 0 saturated heterocycles. The van der Waals surface area contributed by atoms with E-state index in [0.717, 1.165) is 56.4 Å². The van der Waals surface area contributed by atoms with E-state index in [1.807, 2.05) is 0 Å². The molecule has 39 heavy (non-hydrogen) atoms. The highest BCUT2D eigenvalue weighted by molar-refractivity contribution is 5.79. The van der Waals surface area contributed by atoms with Crippen molar-refractivity contribution in [2.24, 2.45) is 5.92 Å². The van der Waals surface area contributed by atoms with E-state index in [1.165, 1.54) is 44.6 Å². The number of hydrogen-bond acceptors (Lipinski definition) is 5. The van der Waals surface area contributed by atoms with E-state index >= 15 is 0 Å². The largest absolute Gasteiger partial charge is 0.478 e. The first-order valence-electron chi connectivity index (χ1n) is 14.3. The topological polar surface area (TPSA) is 61.6 Å². The zero-order chi connectivity index (χ0) is 28.3. The average molecular weight is 544 g/mol. The molecule has 214 valence electrons. The number of ether oxygens (including phenoxy) is 2. The second-order valence-corrected chi connectivity index (χ2v) is 11.4. The number of hydrogen-bond donors (Lipinski definition) is 0. The van der Waals surface area contributed by atoms with Crippen molar-refractivity contribution in [1.82, 2.24) is 4.98 Å². The highest BCUT2D eigenvalue weighted by Crippen LogP contribution is 2.24. The van der Waals surface area contributed by atoms with Gasteiger partial charge in [-0.2, -0.15) is 4.98 Å². The number of aromatic nitrogens is 1. The third kappa shape index (κ3) is 10.7. The van der Waals surface area contributed by atoms with Gasteiger partial charge in [-0.3, -0.25) is 0 Å². The monoisotopic (exact) mass is 543 g/mol. The van der Waals surface area contributed by atoms with E-state index < -0.39 is 17.3 Å². The zero-order valence-electron chi connectivity index (χ0n) is 23.9. The van der Waals surface area contributed by atoms with Crippen LogP contribution in [0.2, 0.25) is 0 Å². The summed E-state index contributed by atoms with van der Waals surface area (Å²) in [6.07, 6.45) is 11.6. The smallest absolute Gasteiger partial charge is 0.345 e. The van der Waals surface area contributed by atoms with E-state index in [-0.39, 0.29) is 22.4 Å². The zero-order valence-corrected chi connectivity index (χ0v) is 23.9. The van der Waals surface area contributed by atoms with Crippen LogP contribution < -0.4 is 10.4 Å². The summed E-state index contributed by atoms with van der Waals surface area (Å²) in [6, 6.07) is 7.89. The molecule has 0 amide bonds. The van der Waals surface area contributed by atoms with Crippen molar-refractivity contribution in [3.8, 4) is 17.0 Å². The second kappa shape index (κ2) is 15.1. The molecule has 2 aromatic heterocycles. The Labute approximate surface area is 230 Å². The van der Waals surface area contributed by atoms with Crippen LogP contribution in [0.3, 0.4) is 0 Å². The SMILES string of the molecule is CC(C)CCC(C)(C)OCCCCCCCCCCOc1ccc2cc(-c3cc(F)cc(F)c3)c(=O)oc2n1. The van der Waals surface area contributed by atoms with Gasteiger partial charge in [-0.15, -0.1) is 0 Å². The second-order valence-electron chi connectivity index (χ2n) is 11.4. The summed E-state index contributed by atoms with van der Waals surface area (Å²) in [5.41, 5.74) is -0.407. The Morgan fingerprint density at radius 3 is 2.13 bits per heavy atom. The highest BCUT2D eigenvalue weighted by Gasteiger charge is 2.18. The van der Waals surface area contributed by atoms with Crippen molar-refractivity contribution in [2.75, 3.05) is 13.2 Å². The molecule has 0 spiro atoms. The minimum absolute atomic E-state index is 0.0159.